The monoisotopic (exact) mass is 452 g/mol. The van der Waals surface area contributed by atoms with E-state index in [1.807, 2.05) is 27.4 Å². The first kappa shape index (κ1) is 21.8. The number of rotatable bonds is 7. The minimum atomic E-state index is -0.00113. The van der Waals surface area contributed by atoms with Gasteiger partial charge in [-0.15, -0.1) is 10.2 Å². The van der Waals surface area contributed by atoms with Gasteiger partial charge in [-0.25, -0.2) is 4.52 Å². The zero-order chi connectivity index (χ0) is 23.7. The quantitative estimate of drug-likeness (QED) is 0.395. The summed E-state index contributed by atoms with van der Waals surface area (Å²) in [6.07, 6.45) is 5.68. The average Bonchev–Trinajstić information content (AvgIpc) is 3.47. The molecule has 0 saturated heterocycles. The van der Waals surface area contributed by atoms with Crippen LogP contribution < -0.4 is 5.32 Å². The van der Waals surface area contributed by atoms with Crippen LogP contribution in [0.3, 0.4) is 0 Å². The lowest BCUT2D eigenvalue weighted by molar-refractivity contribution is -0.121. The minimum absolute atomic E-state index is 0.00113. The van der Waals surface area contributed by atoms with E-state index in [0.717, 1.165) is 40.2 Å². The van der Waals surface area contributed by atoms with E-state index in [-0.39, 0.29) is 5.91 Å². The van der Waals surface area contributed by atoms with Gasteiger partial charge >= 0.3 is 0 Å². The second-order valence-electron chi connectivity index (χ2n) is 8.71. The maximum Gasteiger partial charge on any atom is 0.220 e. The van der Waals surface area contributed by atoms with Gasteiger partial charge in [0, 0.05) is 37.3 Å². The standard InChI is InChI=1S/C27H28N6O/c1-4-20-6-8-21(9-7-20)17-28-26(34)12-11-25-29-30-27-24-16-23(31-33(24)14-13-32(25)27)22-10-5-18(2)19(3)15-22/h5-10,13-16H,4,11-12,17H2,1-3H3,(H,28,34). The van der Waals surface area contributed by atoms with Gasteiger partial charge in [-0.2, -0.15) is 5.10 Å². The topological polar surface area (TPSA) is 76.6 Å². The SMILES string of the molecule is CCc1ccc(CNC(=O)CCc2nnc3c4cc(-c5ccc(C)c(C)c5)nn4ccn23)cc1. The Hall–Kier alpha value is -4.00. The van der Waals surface area contributed by atoms with Gasteiger partial charge < -0.3 is 5.32 Å². The van der Waals surface area contributed by atoms with E-state index in [2.05, 4.69) is 78.7 Å². The van der Waals surface area contributed by atoms with Gasteiger partial charge in [0.2, 0.25) is 5.91 Å². The number of hydrogen-bond acceptors (Lipinski definition) is 4. The third-order valence-corrected chi connectivity index (χ3v) is 6.39. The number of nitrogens with one attached hydrogen (secondary N) is 1. The van der Waals surface area contributed by atoms with Crippen LogP contribution in [0.5, 0.6) is 0 Å². The molecule has 3 heterocycles. The summed E-state index contributed by atoms with van der Waals surface area (Å²) in [6.45, 7) is 6.87. The molecule has 3 aromatic heterocycles. The lowest BCUT2D eigenvalue weighted by Gasteiger charge is -2.06. The van der Waals surface area contributed by atoms with Gasteiger partial charge in [0.1, 0.15) is 11.3 Å². The van der Waals surface area contributed by atoms with Crippen LogP contribution >= 0.6 is 0 Å². The first-order valence-corrected chi connectivity index (χ1v) is 11.7. The molecule has 1 N–H and O–H groups in total. The Labute approximate surface area is 198 Å². The van der Waals surface area contributed by atoms with Crippen molar-refractivity contribution in [3.8, 4) is 11.3 Å². The van der Waals surface area contributed by atoms with E-state index in [1.54, 1.807) is 0 Å². The average molecular weight is 453 g/mol. The summed E-state index contributed by atoms with van der Waals surface area (Å²) in [7, 11) is 0. The van der Waals surface area contributed by atoms with Gasteiger partial charge in [0.05, 0.1) is 5.69 Å². The summed E-state index contributed by atoms with van der Waals surface area (Å²) in [6, 6.07) is 16.7. The summed E-state index contributed by atoms with van der Waals surface area (Å²) in [4.78, 5) is 12.4. The first-order valence-electron chi connectivity index (χ1n) is 11.7. The highest BCUT2D eigenvalue weighted by Crippen LogP contribution is 2.24. The lowest BCUT2D eigenvalue weighted by Crippen LogP contribution is -2.23. The van der Waals surface area contributed by atoms with Crippen molar-refractivity contribution < 1.29 is 4.79 Å². The Morgan fingerprint density at radius 3 is 2.50 bits per heavy atom. The number of fused-ring (bicyclic) bond motifs is 3. The van der Waals surface area contributed by atoms with Crippen LogP contribution in [-0.4, -0.2) is 30.1 Å². The molecule has 0 aliphatic heterocycles. The van der Waals surface area contributed by atoms with Crippen molar-refractivity contribution in [3.63, 3.8) is 0 Å². The molecule has 5 aromatic rings. The van der Waals surface area contributed by atoms with Gasteiger partial charge in [0.15, 0.2) is 5.65 Å². The van der Waals surface area contributed by atoms with Gasteiger partial charge in [-0.05, 0) is 54.7 Å². The van der Waals surface area contributed by atoms with Crippen LogP contribution in [0.2, 0.25) is 0 Å². The number of aromatic nitrogens is 5. The van der Waals surface area contributed by atoms with Crippen molar-refractivity contribution in [2.24, 2.45) is 0 Å². The molecule has 0 atom stereocenters. The smallest absolute Gasteiger partial charge is 0.220 e. The molecule has 0 aliphatic carbocycles. The molecule has 1 amide bonds. The summed E-state index contributed by atoms with van der Waals surface area (Å²) >= 11 is 0. The number of aryl methyl sites for hydroxylation is 4. The Balaban J connectivity index is 1.29. The number of hydrogen-bond donors (Lipinski definition) is 1. The summed E-state index contributed by atoms with van der Waals surface area (Å²) < 4.78 is 3.77. The van der Waals surface area contributed by atoms with E-state index in [0.29, 0.717) is 19.4 Å². The molecule has 0 aliphatic rings. The fourth-order valence-electron chi connectivity index (χ4n) is 4.08. The van der Waals surface area contributed by atoms with Crippen molar-refractivity contribution in [1.82, 2.24) is 29.5 Å². The molecular weight excluding hydrogens is 424 g/mol. The number of amides is 1. The Morgan fingerprint density at radius 2 is 1.74 bits per heavy atom. The molecule has 7 heteroatoms. The highest BCUT2D eigenvalue weighted by Gasteiger charge is 2.14. The van der Waals surface area contributed by atoms with E-state index < -0.39 is 0 Å². The molecule has 34 heavy (non-hydrogen) atoms. The maximum atomic E-state index is 12.4. The normalized spacial score (nSPS) is 11.4. The Bertz CT molecular complexity index is 1480. The van der Waals surface area contributed by atoms with Gasteiger partial charge in [-0.3, -0.25) is 9.20 Å². The third kappa shape index (κ3) is 4.29. The van der Waals surface area contributed by atoms with Crippen LogP contribution in [-0.2, 0) is 24.2 Å². The molecule has 172 valence electrons. The lowest BCUT2D eigenvalue weighted by atomic mass is 10.0. The van der Waals surface area contributed by atoms with E-state index in [4.69, 9.17) is 5.10 Å². The number of benzene rings is 2. The molecule has 0 spiro atoms. The van der Waals surface area contributed by atoms with Crippen LogP contribution in [0.15, 0.2) is 60.9 Å². The second-order valence-corrected chi connectivity index (χ2v) is 8.71. The summed E-state index contributed by atoms with van der Waals surface area (Å²) in [5, 5.41) is 16.5. The fraction of sp³-hybridized carbons (Fsp3) is 0.259. The molecule has 2 aromatic carbocycles. The Kier molecular flexibility index (Phi) is 5.84. The zero-order valence-corrected chi connectivity index (χ0v) is 19.7. The number of carbonyl (C=O) groups is 1. The van der Waals surface area contributed by atoms with Crippen molar-refractivity contribution in [1.29, 1.82) is 0 Å². The molecule has 0 saturated carbocycles. The second kappa shape index (κ2) is 9.09. The van der Waals surface area contributed by atoms with Crippen molar-refractivity contribution in [3.05, 3.63) is 89.0 Å². The molecular formula is C27H28N6O. The Morgan fingerprint density at radius 1 is 0.941 bits per heavy atom. The largest absolute Gasteiger partial charge is 0.352 e. The molecule has 5 rings (SSSR count). The predicted molar refractivity (Wildman–Crippen MR) is 133 cm³/mol. The van der Waals surface area contributed by atoms with E-state index >= 15 is 0 Å². The van der Waals surface area contributed by atoms with Crippen molar-refractivity contribution in [2.75, 3.05) is 0 Å². The first-order chi connectivity index (χ1) is 16.5. The molecule has 0 radical (unpaired) electrons. The maximum absolute atomic E-state index is 12.4. The fourth-order valence-corrected chi connectivity index (χ4v) is 4.08. The molecule has 0 fully saturated rings. The zero-order valence-electron chi connectivity index (χ0n) is 19.7. The number of nitrogens with zero attached hydrogens (tertiary/aromatic N) is 5. The molecule has 7 nitrogen and oxygen atoms in total. The minimum Gasteiger partial charge on any atom is -0.352 e. The van der Waals surface area contributed by atoms with Gasteiger partial charge in [0.25, 0.3) is 0 Å². The summed E-state index contributed by atoms with van der Waals surface area (Å²) in [5.74, 6) is 0.757. The highest BCUT2D eigenvalue weighted by molar-refractivity contribution is 5.77. The van der Waals surface area contributed by atoms with Crippen LogP contribution in [0.25, 0.3) is 22.4 Å². The molecule has 0 bridgehead atoms. The van der Waals surface area contributed by atoms with Crippen LogP contribution in [0.1, 0.15) is 41.4 Å². The van der Waals surface area contributed by atoms with E-state index in [9.17, 15) is 4.79 Å². The highest BCUT2D eigenvalue weighted by atomic mass is 16.1. The summed E-state index contributed by atoms with van der Waals surface area (Å²) in [5.41, 5.74) is 8.48. The predicted octanol–water partition coefficient (Wildman–Crippen LogP) is 4.47. The molecule has 0 unspecified atom stereocenters. The third-order valence-electron chi connectivity index (χ3n) is 6.39. The van der Waals surface area contributed by atoms with Gasteiger partial charge in [-0.1, -0.05) is 43.3 Å². The number of carbonyl (C=O) groups excluding carboxylic acids is 1. The van der Waals surface area contributed by atoms with Crippen molar-refractivity contribution in [2.45, 2.75) is 46.6 Å². The van der Waals surface area contributed by atoms with Crippen molar-refractivity contribution >= 4 is 17.1 Å². The van der Waals surface area contributed by atoms with Crippen LogP contribution in [0, 0.1) is 13.8 Å². The van der Waals surface area contributed by atoms with Crippen LogP contribution in [0.4, 0.5) is 0 Å². The van der Waals surface area contributed by atoms with E-state index in [1.165, 1.54) is 16.7 Å².